The van der Waals surface area contributed by atoms with Gasteiger partial charge < -0.3 is 14.6 Å². The molecule has 0 unspecified atom stereocenters. The molecule has 0 aromatic heterocycles. The van der Waals surface area contributed by atoms with Gasteiger partial charge >= 0.3 is 5.97 Å². The summed E-state index contributed by atoms with van der Waals surface area (Å²) in [6, 6.07) is 2.19. The number of carboxylic acid groups (broad SMARTS) is 1. The van der Waals surface area contributed by atoms with Gasteiger partial charge in [0.05, 0.1) is 6.07 Å². The second-order valence-corrected chi connectivity index (χ2v) is 8.12. The van der Waals surface area contributed by atoms with Gasteiger partial charge in [-0.05, 0) is 82.6 Å². The highest BCUT2D eigenvalue weighted by atomic mass is 16.5. The highest BCUT2D eigenvalue weighted by molar-refractivity contribution is 5.69. The van der Waals surface area contributed by atoms with E-state index in [1.54, 1.807) is 0 Å². The van der Waals surface area contributed by atoms with Gasteiger partial charge in [-0.3, -0.25) is 0 Å². The lowest BCUT2D eigenvalue weighted by atomic mass is 9.86. The Kier molecular flexibility index (Phi) is 8.13. The van der Waals surface area contributed by atoms with E-state index in [4.69, 9.17) is 19.8 Å². The van der Waals surface area contributed by atoms with Gasteiger partial charge in [0.2, 0.25) is 0 Å². The summed E-state index contributed by atoms with van der Waals surface area (Å²) in [7, 11) is 0. The van der Waals surface area contributed by atoms with E-state index in [2.05, 4.69) is 25.1 Å². The molecule has 0 saturated carbocycles. The predicted octanol–water partition coefficient (Wildman–Crippen LogP) is 5.58. The highest BCUT2D eigenvalue weighted by Crippen LogP contribution is 2.44. The van der Waals surface area contributed by atoms with Crippen LogP contribution in [0.25, 0.3) is 0 Å². The average molecular weight is 400 g/mol. The number of fused-ring (bicyclic) bond motifs is 1. The summed E-state index contributed by atoms with van der Waals surface area (Å²) in [5, 5.41) is 17.5. The number of hydrogen-bond donors (Lipinski definition) is 1. The monoisotopic (exact) mass is 399 g/mol. The van der Waals surface area contributed by atoms with Crippen molar-refractivity contribution in [3.8, 4) is 17.6 Å². The van der Waals surface area contributed by atoms with E-state index in [1.807, 2.05) is 20.8 Å². The Morgan fingerprint density at radius 1 is 1.21 bits per heavy atom. The summed E-state index contributed by atoms with van der Waals surface area (Å²) in [4.78, 5) is 10.9. The first-order valence-corrected chi connectivity index (χ1v) is 10.5. The number of benzene rings is 1. The van der Waals surface area contributed by atoms with E-state index in [9.17, 15) is 4.79 Å². The van der Waals surface area contributed by atoms with Crippen molar-refractivity contribution in [2.24, 2.45) is 0 Å². The van der Waals surface area contributed by atoms with E-state index in [-0.39, 0.29) is 12.2 Å². The molecule has 1 aromatic carbocycles. The molecule has 0 amide bonds. The third kappa shape index (κ3) is 6.00. The molecular formula is C24H33NO4. The molecule has 1 aliphatic rings. The van der Waals surface area contributed by atoms with Crippen LogP contribution in [0, 0.1) is 32.1 Å². The molecule has 0 bridgehead atoms. The van der Waals surface area contributed by atoms with E-state index < -0.39 is 5.97 Å². The first kappa shape index (κ1) is 22.8. The van der Waals surface area contributed by atoms with Crippen molar-refractivity contribution in [1.82, 2.24) is 0 Å². The van der Waals surface area contributed by atoms with Gasteiger partial charge in [0.25, 0.3) is 0 Å². The number of nitriles is 1. The van der Waals surface area contributed by atoms with Crippen LogP contribution in [0.4, 0.5) is 0 Å². The van der Waals surface area contributed by atoms with Crippen molar-refractivity contribution >= 4 is 5.97 Å². The number of carboxylic acids is 1. The third-order valence-electron chi connectivity index (χ3n) is 5.74. The number of allylic oxidation sites excluding steroid dienone is 1. The number of ether oxygens (including phenoxy) is 2. The maximum atomic E-state index is 10.9. The summed E-state index contributed by atoms with van der Waals surface area (Å²) in [6.45, 7) is 7.74. The van der Waals surface area contributed by atoms with Gasteiger partial charge in [0, 0.05) is 12.0 Å². The summed E-state index contributed by atoms with van der Waals surface area (Å²) >= 11 is 0. The predicted molar refractivity (Wildman–Crippen MR) is 114 cm³/mol. The summed E-state index contributed by atoms with van der Waals surface area (Å²) < 4.78 is 12.0. The van der Waals surface area contributed by atoms with Gasteiger partial charge in [-0.15, -0.1) is 0 Å². The molecule has 0 radical (unpaired) electrons. The van der Waals surface area contributed by atoms with Crippen LogP contribution in [0.1, 0.15) is 74.1 Å². The molecule has 0 fully saturated rings. The molecule has 0 spiro atoms. The fourth-order valence-corrected chi connectivity index (χ4v) is 3.87. The zero-order valence-electron chi connectivity index (χ0n) is 18.1. The SMILES string of the molecule is Cc1c(C)c2c(c(C)c1OCC(=O)O)CC[C@@](C)(/C=C/CCCCCCC#N)O2. The molecule has 5 heteroatoms. The smallest absolute Gasteiger partial charge is 0.341 e. The molecular weight excluding hydrogens is 366 g/mol. The first-order valence-electron chi connectivity index (χ1n) is 10.5. The molecule has 1 atom stereocenters. The molecule has 1 heterocycles. The number of nitrogens with zero attached hydrogens (tertiary/aromatic N) is 1. The van der Waals surface area contributed by atoms with Crippen LogP contribution in [-0.4, -0.2) is 23.3 Å². The molecule has 1 aliphatic heterocycles. The second-order valence-electron chi connectivity index (χ2n) is 8.12. The first-order chi connectivity index (χ1) is 13.8. The van der Waals surface area contributed by atoms with Crippen molar-refractivity contribution in [2.45, 2.75) is 84.7 Å². The Labute approximate surface area is 174 Å². The summed E-state index contributed by atoms with van der Waals surface area (Å²) in [5.74, 6) is 0.610. The van der Waals surface area contributed by atoms with E-state index in [0.717, 1.165) is 72.9 Å². The third-order valence-corrected chi connectivity index (χ3v) is 5.74. The average Bonchev–Trinajstić information content (AvgIpc) is 2.68. The standard InChI is InChI=1S/C24H33NO4/c1-17-18(2)23-20(19(3)22(17)28-16-21(26)27)12-14-24(4,29-23)13-10-8-6-5-7-9-11-15-25/h10,13H,5-9,11-12,14,16H2,1-4H3,(H,26,27)/b13-10+/t24-/m1/s1. The molecule has 5 nitrogen and oxygen atoms in total. The lowest BCUT2D eigenvalue weighted by molar-refractivity contribution is -0.139. The van der Waals surface area contributed by atoms with Gasteiger partial charge in [0.15, 0.2) is 6.61 Å². The Hall–Kier alpha value is -2.48. The minimum Gasteiger partial charge on any atom is -0.483 e. The van der Waals surface area contributed by atoms with Crippen LogP contribution in [0.2, 0.25) is 0 Å². The van der Waals surface area contributed by atoms with Crippen molar-refractivity contribution in [3.63, 3.8) is 0 Å². The van der Waals surface area contributed by atoms with Gasteiger partial charge in [-0.25, -0.2) is 4.79 Å². The van der Waals surface area contributed by atoms with Crippen molar-refractivity contribution < 1.29 is 19.4 Å². The zero-order chi connectivity index (χ0) is 21.4. The number of aliphatic carboxylic acids is 1. The quantitative estimate of drug-likeness (QED) is 0.410. The number of carbonyl (C=O) groups is 1. The minimum absolute atomic E-state index is 0.332. The molecule has 29 heavy (non-hydrogen) atoms. The molecule has 1 aromatic rings. The summed E-state index contributed by atoms with van der Waals surface area (Å²) in [5.41, 5.74) is 3.72. The Bertz CT molecular complexity index is 806. The van der Waals surface area contributed by atoms with Crippen LogP contribution in [0.15, 0.2) is 12.2 Å². The lowest BCUT2D eigenvalue weighted by Crippen LogP contribution is -2.35. The molecule has 0 aliphatic carbocycles. The van der Waals surface area contributed by atoms with Crippen LogP contribution in [0.5, 0.6) is 11.5 Å². The second kappa shape index (κ2) is 10.3. The fraction of sp³-hybridized carbons (Fsp3) is 0.583. The van der Waals surface area contributed by atoms with E-state index in [0.29, 0.717) is 12.2 Å². The van der Waals surface area contributed by atoms with E-state index in [1.165, 1.54) is 0 Å². The van der Waals surface area contributed by atoms with Gasteiger partial charge in [-0.1, -0.05) is 18.9 Å². The molecule has 1 N–H and O–H groups in total. The highest BCUT2D eigenvalue weighted by Gasteiger charge is 2.32. The number of hydrogen-bond acceptors (Lipinski definition) is 4. The number of rotatable bonds is 10. The van der Waals surface area contributed by atoms with Crippen LogP contribution >= 0.6 is 0 Å². The van der Waals surface area contributed by atoms with Crippen LogP contribution < -0.4 is 9.47 Å². The normalized spacial score (nSPS) is 18.2. The van der Waals surface area contributed by atoms with Crippen molar-refractivity contribution in [1.29, 1.82) is 5.26 Å². The Morgan fingerprint density at radius 2 is 1.93 bits per heavy atom. The van der Waals surface area contributed by atoms with Gasteiger partial charge in [0.1, 0.15) is 17.1 Å². The summed E-state index contributed by atoms with van der Waals surface area (Å²) in [6.07, 6.45) is 12.2. The Balaban J connectivity index is 2.05. The topological polar surface area (TPSA) is 79.5 Å². The van der Waals surface area contributed by atoms with Crippen LogP contribution in [0.3, 0.4) is 0 Å². The van der Waals surface area contributed by atoms with E-state index >= 15 is 0 Å². The number of unbranched alkanes of at least 4 members (excludes halogenated alkanes) is 5. The van der Waals surface area contributed by atoms with Crippen LogP contribution in [-0.2, 0) is 11.2 Å². The Morgan fingerprint density at radius 3 is 2.62 bits per heavy atom. The fourth-order valence-electron chi connectivity index (χ4n) is 3.87. The molecule has 2 rings (SSSR count). The van der Waals surface area contributed by atoms with Crippen molar-refractivity contribution in [2.75, 3.05) is 6.61 Å². The lowest BCUT2D eigenvalue weighted by Gasteiger charge is -2.36. The molecule has 158 valence electrons. The largest absolute Gasteiger partial charge is 0.483 e. The maximum absolute atomic E-state index is 10.9. The molecule has 0 saturated heterocycles. The van der Waals surface area contributed by atoms with Crippen molar-refractivity contribution in [3.05, 3.63) is 34.4 Å². The zero-order valence-corrected chi connectivity index (χ0v) is 18.1. The minimum atomic E-state index is -0.974. The maximum Gasteiger partial charge on any atom is 0.341 e. The van der Waals surface area contributed by atoms with Gasteiger partial charge in [-0.2, -0.15) is 5.26 Å².